The highest BCUT2D eigenvalue weighted by Gasteiger charge is 2.30. The van der Waals surface area contributed by atoms with Crippen molar-refractivity contribution in [1.82, 2.24) is 4.31 Å². The van der Waals surface area contributed by atoms with Crippen molar-refractivity contribution in [3.05, 3.63) is 24.3 Å². The van der Waals surface area contributed by atoms with Crippen LogP contribution >= 0.6 is 0 Å². The number of amides is 1. The summed E-state index contributed by atoms with van der Waals surface area (Å²) in [6, 6.07) is 6.59. The van der Waals surface area contributed by atoms with Gasteiger partial charge in [0.1, 0.15) is 0 Å². The van der Waals surface area contributed by atoms with Crippen LogP contribution < -0.4 is 9.62 Å². The number of nitrogens with one attached hydrogen (secondary N) is 1. The predicted octanol–water partition coefficient (Wildman–Crippen LogP) is 1.08. The SMILES string of the molecule is CCS(=O)(=O)N1CCC(C(=O)Nc2cccc(N(C)S(C)(=O)=O)c2)CC1. The summed E-state index contributed by atoms with van der Waals surface area (Å²) >= 11 is 0. The van der Waals surface area contributed by atoms with E-state index in [4.69, 9.17) is 0 Å². The van der Waals surface area contributed by atoms with E-state index >= 15 is 0 Å². The molecule has 1 aromatic carbocycles. The molecule has 1 heterocycles. The summed E-state index contributed by atoms with van der Waals surface area (Å²) in [5.74, 6) is -0.392. The van der Waals surface area contributed by atoms with Gasteiger partial charge in [-0.1, -0.05) is 6.07 Å². The van der Waals surface area contributed by atoms with Crippen LogP contribution in [0.4, 0.5) is 11.4 Å². The Labute approximate surface area is 155 Å². The molecule has 1 aliphatic heterocycles. The number of anilines is 2. The Hall–Kier alpha value is -1.65. The molecule has 0 bridgehead atoms. The van der Waals surface area contributed by atoms with Crippen molar-refractivity contribution in [2.24, 2.45) is 5.92 Å². The zero-order valence-corrected chi connectivity index (χ0v) is 16.8. The van der Waals surface area contributed by atoms with E-state index in [1.54, 1.807) is 31.2 Å². The van der Waals surface area contributed by atoms with Crippen molar-refractivity contribution in [1.29, 1.82) is 0 Å². The van der Waals surface area contributed by atoms with Crippen molar-refractivity contribution in [2.45, 2.75) is 19.8 Å². The quantitative estimate of drug-likeness (QED) is 0.765. The van der Waals surface area contributed by atoms with E-state index in [0.29, 0.717) is 37.3 Å². The fourth-order valence-electron chi connectivity index (χ4n) is 2.79. The topological polar surface area (TPSA) is 104 Å². The summed E-state index contributed by atoms with van der Waals surface area (Å²) in [5.41, 5.74) is 0.959. The summed E-state index contributed by atoms with van der Waals surface area (Å²) in [7, 11) is -5.16. The van der Waals surface area contributed by atoms with E-state index in [1.807, 2.05) is 0 Å². The molecular weight excluding hydrogens is 378 g/mol. The van der Waals surface area contributed by atoms with E-state index in [-0.39, 0.29) is 17.6 Å². The molecular formula is C16H25N3O5S2. The first-order valence-electron chi connectivity index (χ1n) is 8.37. The van der Waals surface area contributed by atoms with Crippen LogP contribution in [0.1, 0.15) is 19.8 Å². The standard InChI is InChI=1S/C16H25N3O5S2/c1-4-26(23,24)19-10-8-13(9-11-19)16(20)17-14-6-5-7-15(12-14)18(2)25(3,21)22/h5-7,12-13H,4,8-11H2,1-3H3,(H,17,20). The summed E-state index contributed by atoms with van der Waals surface area (Å²) < 4.78 is 49.6. The molecule has 0 spiro atoms. The number of benzene rings is 1. The lowest BCUT2D eigenvalue weighted by atomic mass is 9.97. The molecule has 0 saturated carbocycles. The van der Waals surface area contributed by atoms with Crippen molar-refractivity contribution in [2.75, 3.05) is 41.8 Å². The van der Waals surface area contributed by atoms with E-state index < -0.39 is 20.0 Å². The third-order valence-corrected chi connectivity index (χ3v) is 7.64. The molecule has 0 aromatic heterocycles. The molecule has 1 N–H and O–H groups in total. The molecule has 1 saturated heterocycles. The Morgan fingerprint density at radius 2 is 1.85 bits per heavy atom. The van der Waals surface area contributed by atoms with Gasteiger partial charge in [-0.05, 0) is 38.0 Å². The van der Waals surface area contributed by atoms with E-state index in [9.17, 15) is 21.6 Å². The Morgan fingerprint density at radius 3 is 2.38 bits per heavy atom. The van der Waals surface area contributed by atoms with Crippen LogP contribution in [0, 0.1) is 5.92 Å². The monoisotopic (exact) mass is 403 g/mol. The second kappa shape index (κ2) is 7.93. The first-order chi connectivity index (χ1) is 12.0. The minimum absolute atomic E-state index is 0.0600. The largest absolute Gasteiger partial charge is 0.326 e. The number of carbonyl (C=O) groups excluding carboxylic acids is 1. The molecule has 2 rings (SSSR count). The van der Waals surface area contributed by atoms with Crippen LogP contribution in [0.15, 0.2) is 24.3 Å². The molecule has 0 radical (unpaired) electrons. The number of piperidine rings is 1. The first-order valence-corrected chi connectivity index (χ1v) is 11.8. The minimum atomic E-state index is -3.39. The van der Waals surface area contributed by atoms with Gasteiger partial charge in [-0.2, -0.15) is 0 Å². The smallest absolute Gasteiger partial charge is 0.231 e. The maximum atomic E-state index is 12.5. The first kappa shape index (κ1) is 20.7. The lowest BCUT2D eigenvalue weighted by Crippen LogP contribution is -2.42. The normalized spacial score (nSPS) is 17.0. The second-order valence-electron chi connectivity index (χ2n) is 6.34. The molecule has 1 aromatic rings. The number of nitrogens with zero attached hydrogens (tertiary/aromatic N) is 2. The Kier molecular flexibility index (Phi) is 6.30. The van der Waals surface area contributed by atoms with Crippen molar-refractivity contribution in [3.63, 3.8) is 0 Å². The van der Waals surface area contributed by atoms with Crippen molar-refractivity contribution < 1.29 is 21.6 Å². The second-order valence-corrected chi connectivity index (χ2v) is 10.6. The molecule has 0 aliphatic carbocycles. The zero-order chi connectivity index (χ0) is 19.5. The Morgan fingerprint density at radius 1 is 1.23 bits per heavy atom. The number of hydrogen-bond donors (Lipinski definition) is 1. The summed E-state index contributed by atoms with van der Waals surface area (Å²) in [6.45, 7) is 2.28. The third-order valence-electron chi connectivity index (χ3n) is 4.56. The zero-order valence-electron chi connectivity index (χ0n) is 15.2. The summed E-state index contributed by atoms with van der Waals surface area (Å²) in [5, 5.41) is 2.80. The molecule has 10 heteroatoms. The van der Waals surface area contributed by atoms with Gasteiger partial charge >= 0.3 is 0 Å². The van der Waals surface area contributed by atoms with E-state index in [2.05, 4.69) is 5.32 Å². The fraction of sp³-hybridized carbons (Fsp3) is 0.562. The van der Waals surface area contributed by atoms with Crippen LogP contribution in [0.3, 0.4) is 0 Å². The minimum Gasteiger partial charge on any atom is -0.326 e. The van der Waals surface area contributed by atoms with Crippen LogP contribution in [0.2, 0.25) is 0 Å². The van der Waals surface area contributed by atoms with Crippen LogP contribution in [0.25, 0.3) is 0 Å². The van der Waals surface area contributed by atoms with Gasteiger partial charge in [0, 0.05) is 31.7 Å². The van der Waals surface area contributed by atoms with Crippen LogP contribution in [-0.4, -0.2) is 59.2 Å². The molecule has 0 unspecified atom stereocenters. The van der Waals surface area contributed by atoms with Gasteiger partial charge in [0.25, 0.3) is 0 Å². The molecule has 1 amide bonds. The van der Waals surface area contributed by atoms with Gasteiger partial charge in [0.05, 0.1) is 17.7 Å². The van der Waals surface area contributed by atoms with Gasteiger partial charge in [-0.3, -0.25) is 9.10 Å². The lowest BCUT2D eigenvalue weighted by Gasteiger charge is -2.30. The highest BCUT2D eigenvalue weighted by molar-refractivity contribution is 7.92. The summed E-state index contributed by atoms with van der Waals surface area (Å²) in [4.78, 5) is 12.5. The van der Waals surface area contributed by atoms with Gasteiger partial charge < -0.3 is 5.32 Å². The fourth-order valence-corrected chi connectivity index (χ4v) is 4.42. The molecule has 0 atom stereocenters. The van der Waals surface area contributed by atoms with Crippen molar-refractivity contribution >= 4 is 37.3 Å². The number of hydrogen-bond acceptors (Lipinski definition) is 5. The number of rotatable bonds is 6. The van der Waals surface area contributed by atoms with E-state index in [0.717, 1.165) is 10.6 Å². The van der Waals surface area contributed by atoms with Crippen molar-refractivity contribution in [3.8, 4) is 0 Å². The van der Waals surface area contributed by atoms with Gasteiger partial charge in [-0.25, -0.2) is 21.1 Å². The van der Waals surface area contributed by atoms with Crippen LogP contribution in [0.5, 0.6) is 0 Å². The van der Waals surface area contributed by atoms with Gasteiger partial charge in [0.2, 0.25) is 26.0 Å². The lowest BCUT2D eigenvalue weighted by molar-refractivity contribution is -0.120. The average Bonchev–Trinajstić information content (AvgIpc) is 2.60. The maximum absolute atomic E-state index is 12.5. The molecule has 1 fully saturated rings. The number of sulfonamides is 2. The maximum Gasteiger partial charge on any atom is 0.231 e. The Balaban J connectivity index is 2.01. The molecule has 146 valence electrons. The third kappa shape index (κ3) is 4.95. The van der Waals surface area contributed by atoms with Crippen LogP contribution in [-0.2, 0) is 24.8 Å². The predicted molar refractivity (Wildman–Crippen MR) is 102 cm³/mol. The Bertz CT molecular complexity index is 860. The average molecular weight is 404 g/mol. The number of carbonyl (C=O) groups is 1. The van der Waals surface area contributed by atoms with Gasteiger partial charge in [0.15, 0.2) is 0 Å². The van der Waals surface area contributed by atoms with Gasteiger partial charge in [-0.15, -0.1) is 0 Å². The molecule has 8 nitrogen and oxygen atoms in total. The molecule has 26 heavy (non-hydrogen) atoms. The highest BCUT2D eigenvalue weighted by atomic mass is 32.2. The van der Waals surface area contributed by atoms with E-state index in [1.165, 1.54) is 11.4 Å². The highest BCUT2D eigenvalue weighted by Crippen LogP contribution is 2.24. The molecule has 1 aliphatic rings. The summed E-state index contributed by atoms with van der Waals surface area (Å²) in [6.07, 6.45) is 2.04.